The van der Waals surface area contributed by atoms with Crippen LogP contribution in [0.2, 0.25) is 0 Å². The fourth-order valence-electron chi connectivity index (χ4n) is 2.43. The van der Waals surface area contributed by atoms with Crippen LogP contribution in [0.5, 0.6) is 0 Å². The molecule has 0 unspecified atom stereocenters. The lowest BCUT2D eigenvalue weighted by Gasteiger charge is -2.29. The number of para-hydroxylation sites is 1. The third-order valence-electron chi connectivity index (χ3n) is 3.37. The topological polar surface area (TPSA) is 63.4 Å². The Morgan fingerprint density at radius 2 is 2.15 bits per heavy atom. The molecule has 0 fully saturated rings. The van der Waals surface area contributed by atoms with E-state index in [4.69, 9.17) is 0 Å². The lowest BCUT2D eigenvalue weighted by molar-refractivity contribution is -0.380. The standard InChI is InChI=1S/C14H12N2O3S/c17-14(11-8-13(16(18)19)20-9-11)15-7-3-5-10-4-1-2-6-12(10)15/h1-2,4,6,8-9H,3,5,7H2. The van der Waals surface area contributed by atoms with Crippen LogP contribution in [0.15, 0.2) is 35.7 Å². The minimum Gasteiger partial charge on any atom is -0.308 e. The summed E-state index contributed by atoms with van der Waals surface area (Å²) >= 11 is 0.985. The molecule has 0 aliphatic carbocycles. The summed E-state index contributed by atoms with van der Waals surface area (Å²) in [5.41, 5.74) is 2.45. The average Bonchev–Trinajstić information content (AvgIpc) is 2.96. The van der Waals surface area contributed by atoms with E-state index in [-0.39, 0.29) is 10.9 Å². The third-order valence-corrected chi connectivity index (χ3v) is 4.25. The van der Waals surface area contributed by atoms with Gasteiger partial charge in [-0.1, -0.05) is 29.5 Å². The summed E-state index contributed by atoms with van der Waals surface area (Å²) in [6.45, 7) is 0.652. The molecule has 6 heteroatoms. The van der Waals surface area contributed by atoms with Crippen molar-refractivity contribution < 1.29 is 9.72 Å². The van der Waals surface area contributed by atoms with Crippen molar-refractivity contribution in [3.8, 4) is 0 Å². The van der Waals surface area contributed by atoms with Crippen molar-refractivity contribution in [3.63, 3.8) is 0 Å². The van der Waals surface area contributed by atoms with Gasteiger partial charge in [0.05, 0.1) is 10.5 Å². The monoisotopic (exact) mass is 288 g/mol. The fourth-order valence-corrected chi connectivity index (χ4v) is 3.13. The predicted molar refractivity (Wildman–Crippen MR) is 77.4 cm³/mol. The molecule has 20 heavy (non-hydrogen) atoms. The number of nitrogens with zero attached hydrogens (tertiary/aromatic N) is 2. The van der Waals surface area contributed by atoms with E-state index in [1.165, 1.54) is 6.07 Å². The quantitative estimate of drug-likeness (QED) is 0.629. The number of hydrogen-bond acceptors (Lipinski definition) is 4. The Morgan fingerprint density at radius 1 is 1.35 bits per heavy atom. The van der Waals surface area contributed by atoms with E-state index in [9.17, 15) is 14.9 Å². The molecule has 0 bridgehead atoms. The number of amides is 1. The summed E-state index contributed by atoms with van der Waals surface area (Å²) in [6.07, 6.45) is 1.87. The van der Waals surface area contributed by atoms with Crippen LogP contribution >= 0.6 is 11.3 Å². The lowest BCUT2D eigenvalue weighted by atomic mass is 10.0. The van der Waals surface area contributed by atoms with Gasteiger partial charge in [0.1, 0.15) is 0 Å². The maximum Gasteiger partial charge on any atom is 0.324 e. The van der Waals surface area contributed by atoms with Crippen LogP contribution in [-0.4, -0.2) is 17.4 Å². The van der Waals surface area contributed by atoms with Gasteiger partial charge in [-0.15, -0.1) is 0 Å². The van der Waals surface area contributed by atoms with E-state index in [0.717, 1.165) is 35.4 Å². The van der Waals surface area contributed by atoms with E-state index in [1.54, 1.807) is 10.3 Å². The molecule has 0 saturated carbocycles. The molecular formula is C14H12N2O3S. The van der Waals surface area contributed by atoms with Gasteiger partial charge in [0.25, 0.3) is 5.91 Å². The van der Waals surface area contributed by atoms with Crippen LogP contribution < -0.4 is 4.90 Å². The van der Waals surface area contributed by atoms with Gasteiger partial charge in [0.2, 0.25) is 0 Å². The molecule has 0 radical (unpaired) electrons. The van der Waals surface area contributed by atoms with Crippen molar-refractivity contribution in [1.82, 2.24) is 0 Å². The van der Waals surface area contributed by atoms with Gasteiger partial charge >= 0.3 is 5.00 Å². The van der Waals surface area contributed by atoms with Gasteiger partial charge in [0.15, 0.2) is 0 Å². The van der Waals surface area contributed by atoms with E-state index in [1.807, 2.05) is 24.3 Å². The first-order valence-corrected chi connectivity index (χ1v) is 7.17. The summed E-state index contributed by atoms with van der Waals surface area (Å²) in [5, 5.41) is 12.3. The summed E-state index contributed by atoms with van der Waals surface area (Å²) in [5.74, 6) is -0.165. The van der Waals surface area contributed by atoms with Crippen molar-refractivity contribution in [2.45, 2.75) is 12.8 Å². The minimum absolute atomic E-state index is 0.00126. The maximum atomic E-state index is 12.5. The number of aryl methyl sites for hydroxylation is 1. The highest BCUT2D eigenvalue weighted by Crippen LogP contribution is 2.30. The van der Waals surface area contributed by atoms with E-state index in [0.29, 0.717) is 12.1 Å². The molecule has 2 aromatic rings. The Kier molecular flexibility index (Phi) is 3.23. The largest absolute Gasteiger partial charge is 0.324 e. The van der Waals surface area contributed by atoms with Crippen molar-refractivity contribution >= 4 is 27.9 Å². The first-order chi connectivity index (χ1) is 9.66. The molecule has 102 valence electrons. The summed E-state index contributed by atoms with van der Waals surface area (Å²) in [6, 6.07) is 9.16. The highest BCUT2D eigenvalue weighted by Gasteiger charge is 2.25. The molecule has 3 rings (SSSR count). The van der Waals surface area contributed by atoms with Crippen molar-refractivity contribution in [3.05, 3.63) is 57.0 Å². The number of carbonyl (C=O) groups excluding carboxylic acids is 1. The van der Waals surface area contributed by atoms with Crippen LogP contribution in [0, 0.1) is 10.1 Å². The first-order valence-electron chi connectivity index (χ1n) is 6.29. The first kappa shape index (κ1) is 12.8. The lowest BCUT2D eigenvalue weighted by Crippen LogP contribution is -2.35. The predicted octanol–water partition coefficient (Wildman–Crippen LogP) is 3.25. The van der Waals surface area contributed by atoms with Crippen LogP contribution in [0.1, 0.15) is 22.3 Å². The molecule has 2 heterocycles. The molecule has 1 aromatic heterocycles. The van der Waals surface area contributed by atoms with Gasteiger partial charge in [-0.25, -0.2) is 0 Å². The van der Waals surface area contributed by atoms with Crippen molar-refractivity contribution in [1.29, 1.82) is 0 Å². The molecule has 1 aliphatic heterocycles. The van der Waals surface area contributed by atoms with Crippen molar-refractivity contribution in [2.75, 3.05) is 11.4 Å². The van der Waals surface area contributed by atoms with Gasteiger partial charge in [0, 0.05) is 23.7 Å². The number of thiophene rings is 1. The molecular weight excluding hydrogens is 276 g/mol. The zero-order valence-corrected chi connectivity index (χ0v) is 11.4. The van der Waals surface area contributed by atoms with Gasteiger partial charge in [-0.05, 0) is 24.5 Å². The van der Waals surface area contributed by atoms with Crippen LogP contribution in [0.3, 0.4) is 0 Å². The number of hydrogen-bond donors (Lipinski definition) is 0. The van der Waals surface area contributed by atoms with Crippen LogP contribution in [0.4, 0.5) is 10.7 Å². The van der Waals surface area contributed by atoms with E-state index >= 15 is 0 Å². The summed E-state index contributed by atoms with van der Waals surface area (Å²) in [7, 11) is 0. The molecule has 0 N–H and O–H groups in total. The second-order valence-electron chi connectivity index (χ2n) is 4.62. The minimum atomic E-state index is -0.467. The Labute approximate surface area is 119 Å². The molecule has 0 spiro atoms. The SMILES string of the molecule is O=C(c1csc([N+](=O)[O-])c1)N1CCCc2ccccc21. The second kappa shape index (κ2) is 5.05. The average molecular weight is 288 g/mol. The Hall–Kier alpha value is -2.21. The van der Waals surface area contributed by atoms with Gasteiger partial charge in [-0.2, -0.15) is 0 Å². The van der Waals surface area contributed by atoms with E-state index < -0.39 is 4.92 Å². The number of anilines is 1. The summed E-state index contributed by atoms with van der Waals surface area (Å²) < 4.78 is 0. The van der Waals surface area contributed by atoms with Crippen LogP contribution in [0.25, 0.3) is 0 Å². The number of rotatable bonds is 2. The number of carbonyl (C=O) groups is 1. The summed E-state index contributed by atoms with van der Waals surface area (Å²) in [4.78, 5) is 24.5. The van der Waals surface area contributed by atoms with Gasteiger partial charge < -0.3 is 4.90 Å². The maximum absolute atomic E-state index is 12.5. The molecule has 5 nitrogen and oxygen atoms in total. The number of benzene rings is 1. The fraction of sp³-hybridized carbons (Fsp3) is 0.214. The molecule has 1 amide bonds. The molecule has 1 aliphatic rings. The highest BCUT2D eigenvalue weighted by atomic mass is 32.1. The second-order valence-corrected chi connectivity index (χ2v) is 5.51. The normalized spacial score (nSPS) is 13.9. The molecule has 1 aromatic carbocycles. The zero-order chi connectivity index (χ0) is 14.1. The Bertz CT molecular complexity index is 681. The van der Waals surface area contributed by atoms with E-state index in [2.05, 4.69) is 0 Å². The Morgan fingerprint density at radius 3 is 2.90 bits per heavy atom. The molecule has 0 atom stereocenters. The molecule has 0 saturated heterocycles. The third kappa shape index (κ3) is 2.18. The zero-order valence-electron chi connectivity index (χ0n) is 10.6. The van der Waals surface area contributed by atoms with Crippen LogP contribution in [-0.2, 0) is 6.42 Å². The highest BCUT2D eigenvalue weighted by molar-refractivity contribution is 7.13. The van der Waals surface area contributed by atoms with Crippen molar-refractivity contribution in [2.24, 2.45) is 0 Å². The van der Waals surface area contributed by atoms with Gasteiger partial charge in [-0.3, -0.25) is 14.9 Å². The Balaban J connectivity index is 1.93. The smallest absolute Gasteiger partial charge is 0.308 e. The number of fused-ring (bicyclic) bond motifs is 1. The number of nitro groups is 1.